The normalized spacial score (nSPS) is 21.0. The van der Waals surface area contributed by atoms with Gasteiger partial charge in [0.2, 0.25) is 6.79 Å². The van der Waals surface area contributed by atoms with Crippen LogP contribution in [0.2, 0.25) is 0 Å². The van der Waals surface area contributed by atoms with E-state index in [0.29, 0.717) is 13.1 Å². The number of carbonyl (C=O) groups excluding carboxylic acids is 2. The van der Waals surface area contributed by atoms with E-state index in [9.17, 15) is 9.59 Å². The molecule has 2 amide bonds. The van der Waals surface area contributed by atoms with Gasteiger partial charge in [0.15, 0.2) is 11.5 Å². The minimum absolute atomic E-state index is 0.274. The van der Waals surface area contributed by atoms with E-state index in [2.05, 4.69) is 15.2 Å². The topological polar surface area (TPSA) is 77.6 Å². The number of nitrogens with one attached hydrogen (secondary N) is 1. The van der Waals surface area contributed by atoms with E-state index in [0.717, 1.165) is 62.9 Å². The zero-order valence-electron chi connectivity index (χ0n) is 16.2. The van der Waals surface area contributed by atoms with Crippen LogP contribution in [0.4, 0.5) is 0 Å². The Morgan fingerprint density at radius 1 is 0.964 bits per heavy atom. The molecule has 0 spiro atoms. The van der Waals surface area contributed by atoms with Gasteiger partial charge in [0.1, 0.15) is 0 Å². The highest BCUT2D eigenvalue weighted by Gasteiger charge is 2.28. The molecule has 3 aliphatic heterocycles. The summed E-state index contributed by atoms with van der Waals surface area (Å²) in [7, 11) is 2.05. The smallest absolute Gasteiger partial charge is 0.323 e. The highest BCUT2D eigenvalue weighted by Crippen LogP contribution is 2.32. The van der Waals surface area contributed by atoms with Gasteiger partial charge in [-0.1, -0.05) is 6.07 Å². The first-order valence-corrected chi connectivity index (χ1v) is 9.73. The summed E-state index contributed by atoms with van der Waals surface area (Å²) >= 11 is 0. The summed E-state index contributed by atoms with van der Waals surface area (Å²) in [6.07, 6.45) is 0. The van der Waals surface area contributed by atoms with Crippen molar-refractivity contribution in [1.29, 1.82) is 0 Å². The maximum Gasteiger partial charge on any atom is 0.323 e. The van der Waals surface area contributed by atoms with Crippen molar-refractivity contribution in [2.24, 2.45) is 0 Å². The Bertz CT molecular complexity index is 727. The third-order valence-electron chi connectivity index (χ3n) is 5.46. The van der Waals surface area contributed by atoms with E-state index < -0.39 is 11.8 Å². The first-order chi connectivity index (χ1) is 13.6. The molecular formula is C19H27N5O4. The van der Waals surface area contributed by atoms with Crippen molar-refractivity contribution in [3.63, 3.8) is 0 Å². The van der Waals surface area contributed by atoms with Gasteiger partial charge in [0, 0.05) is 58.9 Å². The van der Waals surface area contributed by atoms with Crippen LogP contribution in [0, 0.1) is 0 Å². The summed E-state index contributed by atoms with van der Waals surface area (Å²) < 4.78 is 10.8. The second-order valence-corrected chi connectivity index (χ2v) is 7.49. The third-order valence-corrected chi connectivity index (χ3v) is 5.46. The molecule has 152 valence electrons. The largest absolute Gasteiger partial charge is 0.454 e. The lowest BCUT2D eigenvalue weighted by Crippen LogP contribution is -2.57. The lowest BCUT2D eigenvalue weighted by Gasteiger charge is -2.35. The van der Waals surface area contributed by atoms with Crippen molar-refractivity contribution in [3.8, 4) is 11.5 Å². The SMILES string of the molecule is CN1CCN(NC(=O)C(=O)N2CCN(Cc3ccc4c(c3)OCO4)CC2)CC1. The molecule has 3 heterocycles. The fourth-order valence-electron chi connectivity index (χ4n) is 3.66. The predicted molar refractivity (Wildman–Crippen MR) is 102 cm³/mol. The summed E-state index contributed by atoms with van der Waals surface area (Å²) in [5.74, 6) is 0.591. The van der Waals surface area contributed by atoms with Crippen molar-refractivity contribution < 1.29 is 19.1 Å². The van der Waals surface area contributed by atoms with Crippen molar-refractivity contribution >= 4 is 11.8 Å². The van der Waals surface area contributed by atoms with Crippen LogP contribution in [0.5, 0.6) is 11.5 Å². The van der Waals surface area contributed by atoms with Crippen molar-refractivity contribution in [2.45, 2.75) is 6.54 Å². The van der Waals surface area contributed by atoms with E-state index >= 15 is 0 Å². The summed E-state index contributed by atoms with van der Waals surface area (Å²) in [5, 5.41) is 1.83. The van der Waals surface area contributed by atoms with Gasteiger partial charge in [-0.05, 0) is 24.7 Å². The third kappa shape index (κ3) is 4.37. The van der Waals surface area contributed by atoms with Gasteiger partial charge in [-0.2, -0.15) is 0 Å². The van der Waals surface area contributed by atoms with E-state index in [1.54, 1.807) is 4.90 Å². The van der Waals surface area contributed by atoms with Crippen LogP contribution in [0.1, 0.15) is 5.56 Å². The van der Waals surface area contributed by atoms with Crippen LogP contribution in [-0.2, 0) is 16.1 Å². The first-order valence-electron chi connectivity index (χ1n) is 9.73. The lowest BCUT2D eigenvalue weighted by molar-refractivity contribution is -0.150. The second-order valence-electron chi connectivity index (χ2n) is 7.49. The number of hydrazine groups is 1. The molecule has 0 bridgehead atoms. The molecule has 0 aromatic heterocycles. The second kappa shape index (κ2) is 8.34. The zero-order chi connectivity index (χ0) is 19.5. The Morgan fingerprint density at radius 2 is 1.68 bits per heavy atom. The van der Waals surface area contributed by atoms with Crippen molar-refractivity contribution in [1.82, 2.24) is 25.1 Å². The molecule has 0 saturated carbocycles. The summed E-state index contributed by atoms with van der Waals surface area (Å²) in [5.41, 5.74) is 3.90. The van der Waals surface area contributed by atoms with Gasteiger partial charge in [0.25, 0.3) is 0 Å². The number of rotatable bonds is 3. The minimum atomic E-state index is -0.534. The standard InChI is InChI=1S/C19H27N5O4/c1-21-4-10-24(11-5-21)20-18(25)19(26)23-8-6-22(7-9-23)13-15-2-3-16-17(12-15)28-14-27-16/h2-3,12H,4-11,13-14H2,1H3,(H,20,25). The van der Waals surface area contributed by atoms with Gasteiger partial charge < -0.3 is 19.3 Å². The van der Waals surface area contributed by atoms with Crippen LogP contribution in [0.25, 0.3) is 0 Å². The van der Waals surface area contributed by atoms with Crippen molar-refractivity contribution in [3.05, 3.63) is 23.8 Å². The first kappa shape index (κ1) is 19.0. The van der Waals surface area contributed by atoms with Gasteiger partial charge in [-0.15, -0.1) is 0 Å². The van der Waals surface area contributed by atoms with Crippen LogP contribution < -0.4 is 14.9 Å². The number of hydrogen-bond acceptors (Lipinski definition) is 7. The molecule has 1 aromatic carbocycles. The van der Waals surface area contributed by atoms with Crippen LogP contribution in [0.3, 0.4) is 0 Å². The minimum Gasteiger partial charge on any atom is -0.454 e. The highest BCUT2D eigenvalue weighted by atomic mass is 16.7. The van der Waals surface area contributed by atoms with Gasteiger partial charge >= 0.3 is 11.8 Å². The lowest BCUT2D eigenvalue weighted by atomic mass is 10.1. The van der Waals surface area contributed by atoms with E-state index in [1.807, 2.05) is 30.3 Å². The Morgan fingerprint density at radius 3 is 2.43 bits per heavy atom. The zero-order valence-corrected chi connectivity index (χ0v) is 16.2. The molecule has 0 aliphatic carbocycles. The maximum atomic E-state index is 12.5. The molecule has 3 aliphatic rings. The molecule has 1 aromatic rings. The number of fused-ring (bicyclic) bond motifs is 1. The van der Waals surface area contributed by atoms with Crippen molar-refractivity contribution in [2.75, 3.05) is 66.2 Å². The van der Waals surface area contributed by atoms with E-state index in [-0.39, 0.29) is 6.79 Å². The fraction of sp³-hybridized carbons (Fsp3) is 0.579. The Hall–Kier alpha value is -2.36. The van der Waals surface area contributed by atoms with Crippen LogP contribution >= 0.6 is 0 Å². The fourth-order valence-corrected chi connectivity index (χ4v) is 3.66. The quantitative estimate of drug-likeness (QED) is 0.688. The summed E-state index contributed by atoms with van der Waals surface area (Å²) in [4.78, 5) is 30.8. The Balaban J connectivity index is 1.23. The van der Waals surface area contributed by atoms with E-state index in [1.165, 1.54) is 0 Å². The summed E-state index contributed by atoms with van der Waals surface area (Å²) in [6, 6.07) is 5.97. The van der Waals surface area contributed by atoms with Crippen LogP contribution in [-0.4, -0.2) is 97.7 Å². The predicted octanol–water partition coefficient (Wildman–Crippen LogP) is -0.662. The number of benzene rings is 1. The van der Waals surface area contributed by atoms with Gasteiger partial charge in [-0.3, -0.25) is 19.9 Å². The molecule has 2 fully saturated rings. The van der Waals surface area contributed by atoms with Gasteiger partial charge in [0.05, 0.1) is 0 Å². The number of hydrogen-bond donors (Lipinski definition) is 1. The summed E-state index contributed by atoms with van der Waals surface area (Å²) in [6.45, 7) is 6.88. The number of nitrogens with zero attached hydrogens (tertiary/aromatic N) is 4. The number of carbonyl (C=O) groups is 2. The monoisotopic (exact) mass is 389 g/mol. The molecule has 2 saturated heterocycles. The van der Waals surface area contributed by atoms with E-state index in [4.69, 9.17) is 9.47 Å². The maximum absolute atomic E-state index is 12.5. The number of likely N-dealkylation sites (N-methyl/N-ethyl adjacent to an activating group) is 1. The molecule has 0 radical (unpaired) electrons. The molecule has 0 unspecified atom stereocenters. The molecule has 0 atom stereocenters. The Kier molecular flexibility index (Phi) is 5.65. The highest BCUT2D eigenvalue weighted by molar-refractivity contribution is 6.34. The average Bonchev–Trinajstić information content (AvgIpc) is 3.17. The average molecular weight is 389 g/mol. The molecule has 28 heavy (non-hydrogen) atoms. The number of piperazine rings is 2. The molecule has 9 heteroatoms. The number of ether oxygens (including phenoxy) is 2. The van der Waals surface area contributed by atoms with Gasteiger partial charge in [-0.25, -0.2) is 5.01 Å². The van der Waals surface area contributed by atoms with Crippen LogP contribution in [0.15, 0.2) is 18.2 Å². The Labute approximate surface area is 164 Å². The molecule has 1 N–H and O–H groups in total. The molecular weight excluding hydrogens is 362 g/mol. The number of amides is 2. The molecule has 4 rings (SSSR count). The molecule has 9 nitrogen and oxygen atoms in total.